The third-order valence-corrected chi connectivity index (χ3v) is 4.50. The summed E-state index contributed by atoms with van der Waals surface area (Å²) in [4.78, 5) is 0. The van der Waals surface area contributed by atoms with Crippen molar-refractivity contribution in [2.24, 2.45) is 11.8 Å². The fourth-order valence-electron chi connectivity index (χ4n) is 3.41. The van der Waals surface area contributed by atoms with Crippen molar-refractivity contribution in [2.45, 2.75) is 59.1 Å². The number of ether oxygens (including phenoxy) is 1. The molecule has 1 N–H and O–H groups in total. The van der Waals surface area contributed by atoms with Crippen LogP contribution in [0, 0.1) is 18.8 Å². The van der Waals surface area contributed by atoms with Gasteiger partial charge in [0.05, 0.1) is 6.10 Å². The van der Waals surface area contributed by atoms with Gasteiger partial charge in [0.25, 0.3) is 0 Å². The minimum Gasteiger partial charge on any atom is -0.490 e. The van der Waals surface area contributed by atoms with Crippen molar-refractivity contribution in [2.75, 3.05) is 7.05 Å². The highest BCUT2D eigenvalue weighted by atomic mass is 16.5. The Labute approximate surface area is 123 Å². The largest absolute Gasteiger partial charge is 0.490 e. The molecule has 2 heteroatoms. The molecule has 1 aromatic carbocycles. The second kappa shape index (κ2) is 6.62. The number of aryl methyl sites for hydroxylation is 1. The van der Waals surface area contributed by atoms with E-state index in [4.69, 9.17) is 4.74 Å². The number of hydrogen-bond donors (Lipinski definition) is 1. The third kappa shape index (κ3) is 3.76. The van der Waals surface area contributed by atoms with Crippen LogP contribution in [-0.4, -0.2) is 13.2 Å². The average Bonchev–Trinajstić information content (AvgIpc) is 2.37. The maximum Gasteiger partial charge on any atom is 0.124 e. The van der Waals surface area contributed by atoms with Crippen molar-refractivity contribution in [3.8, 4) is 5.75 Å². The van der Waals surface area contributed by atoms with Crippen molar-refractivity contribution in [3.05, 3.63) is 29.3 Å². The molecule has 0 amide bonds. The van der Waals surface area contributed by atoms with E-state index in [2.05, 4.69) is 51.2 Å². The molecular formula is C18H29NO. The molecular weight excluding hydrogens is 246 g/mol. The van der Waals surface area contributed by atoms with Gasteiger partial charge in [-0.25, -0.2) is 0 Å². The smallest absolute Gasteiger partial charge is 0.124 e. The molecule has 1 aliphatic rings. The van der Waals surface area contributed by atoms with E-state index in [1.54, 1.807) is 0 Å². The first kappa shape index (κ1) is 15.4. The SMILES string of the molecule is CNC(C)c1ccc(C)cc1OC1CC(C)CC(C)C1. The summed E-state index contributed by atoms with van der Waals surface area (Å²) in [7, 11) is 2.00. The fraction of sp³-hybridized carbons (Fsp3) is 0.667. The van der Waals surface area contributed by atoms with E-state index in [1.165, 1.54) is 30.4 Å². The van der Waals surface area contributed by atoms with E-state index in [1.807, 2.05) is 7.05 Å². The zero-order valence-electron chi connectivity index (χ0n) is 13.6. The highest BCUT2D eigenvalue weighted by Gasteiger charge is 2.26. The Bertz CT molecular complexity index is 433. The van der Waals surface area contributed by atoms with Crippen molar-refractivity contribution in [1.29, 1.82) is 0 Å². The predicted molar refractivity (Wildman–Crippen MR) is 85.2 cm³/mol. The Morgan fingerprint density at radius 3 is 2.40 bits per heavy atom. The van der Waals surface area contributed by atoms with Crippen LogP contribution in [0.25, 0.3) is 0 Å². The number of benzene rings is 1. The highest BCUT2D eigenvalue weighted by molar-refractivity contribution is 5.39. The van der Waals surface area contributed by atoms with Crippen LogP contribution in [0.15, 0.2) is 18.2 Å². The van der Waals surface area contributed by atoms with Gasteiger partial charge >= 0.3 is 0 Å². The Balaban J connectivity index is 2.17. The Morgan fingerprint density at radius 2 is 1.80 bits per heavy atom. The molecule has 1 aliphatic carbocycles. The maximum absolute atomic E-state index is 6.39. The zero-order valence-corrected chi connectivity index (χ0v) is 13.6. The predicted octanol–water partition coefficient (Wildman–Crippen LogP) is 4.48. The number of hydrogen-bond acceptors (Lipinski definition) is 2. The van der Waals surface area contributed by atoms with Gasteiger partial charge in [-0.3, -0.25) is 0 Å². The third-order valence-electron chi connectivity index (χ3n) is 4.50. The summed E-state index contributed by atoms with van der Waals surface area (Å²) >= 11 is 0. The molecule has 1 aromatic rings. The zero-order chi connectivity index (χ0) is 14.7. The lowest BCUT2D eigenvalue weighted by Gasteiger charge is -2.32. The van der Waals surface area contributed by atoms with Crippen LogP contribution >= 0.6 is 0 Å². The summed E-state index contributed by atoms with van der Waals surface area (Å²) in [5.74, 6) is 2.62. The van der Waals surface area contributed by atoms with Crippen LogP contribution in [0.1, 0.15) is 57.2 Å². The van der Waals surface area contributed by atoms with Crippen LogP contribution in [0.2, 0.25) is 0 Å². The molecule has 0 heterocycles. The minimum atomic E-state index is 0.323. The molecule has 3 unspecified atom stereocenters. The van der Waals surface area contributed by atoms with Crippen LogP contribution in [0.4, 0.5) is 0 Å². The van der Waals surface area contributed by atoms with Gasteiger partial charge in [0.15, 0.2) is 0 Å². The van der Waals surface area contributed by atoms with Crippen LogP contribution in [0.5, 0.6) is 5.75 Å². The average molecular weight is 275 g/mol. The van der Waals surface area contributed by atoms with E-state index in [0.717, 1.165) is 17.6 Å². The van der Waals surface area contributed by atoms with Crippen molar-refractivity contribution < 1.29 is 4.74 Å². The first-order valence-electron chi connectivity index (χ1n) is 7.94. The Morgan fingerprint density at radius 1 is 1.15 bits per heavy atom. The molecule has 0 aromatic heterocycles. The van der Waals surface area contributed by atoms with Gasteiger partial charge in [-0.2, -0.15) is 0 Å². The first-order valence-corrected chi connectivity index (χ1v) is 7.94. The molecule has 0 aliphatic heterocycles. The molecule has 2 rings (SSSR count). The maximum atomic E-state index is 6.39. The van der Waals surface area contributed by atoms with E-state index in [-0.39, 0.29) is 0 Å². The van der Waals surface area contributed by atoms with Gasteiger partial charge in [0, 0.05) is 11.6 Å². The molecule has 0 spiro atoms. The summed E-state index contributed by atoms with van der Waals surface area (Å²) in [6.45, 7) is 9.01. The molecule has 20 heavy (non-hydrogen) atoms. The molecule has 3 atom stereocenters. The van der Waals surface area contributed by atoms with Gasteiger partial charge in [-0.05, 0) is 63.6 Å². The Hall–Kier alpha value is -1.02. The minimum absolute atomic E-state index is 0.323. The van der Waals surface area contributed by atoms with Gasteiger partial charge in [0.2, 0.25) is 0 Å². The first-order chi connectivity index (χ1) is 9.49. The topological polar surface area (TPSA) is 21.3 Å². The van der Waals surface area contributed by atoms with E-state index in [0.29, 0.717) is 12.1 Å². The normalized spacial score (nSPS) is 28.1. The quantitative estimate of drug-likeness (QED) is 0.875. The molecule has 112 valence electrons. The van der Waals surface area contributed by atoms with E-state index >= 15 is 0 Å². The second-order valence-electron chi connectivity index (χ2n) is 6.71. The molecule has 1 saturated carbocycles. The van der Waals surface area contributed by atoms with E-state index < -0.39 is 0 Å². The molecule has 1 fully saturated rings. The van der Waals surface area contributed by atoms with Gasteiger partial charge in [0.1, 0.15) is 5.75 Å². The lowest BCUT2D eigenvalue weighted by atomic mass is 9.82. The summed E-state index contributed by atoms with van der Waals surface area (Å²) in [6, 6.07) is 6.88. The number of nitrogens with one attached hydrogen (secondary N) is 1. The number of rotatable bonds is 4. The van der Waals surface area contributed by atoms with Gasteiger partial charge in [-0.1, -0.05) is 26.0 Å². The standard InChI is InChI=1S/C18H29NO/c1-12-6-7-17(15(4)19-5)18(11-12)20-16-9-13(2)8-14(3)10-16/h6-7,11,13-16,19H,8-10H2,1-5H3. The fourth-order valence-corrected chi connectivity index (χ4v) is 3.41. The summed E-state index contributed by atoms with van der Waals surface area (Å²) < 4.78 is 6.39. The van der Waals surface area contributed by atoms with Crippen LogP contribution < -0.4 is 10.1 Å². The molecule has 0 saturated heterocycles. The summed E-state index contributed by atoms with van der Waals surface area (Å²) in [6.07, 6.45) is 4.09. The van der Waals surface area contributed by atoms with Crippen molar-refractivity contribution in [1.82, 2.24) is 5.32 Å². The van der Waals surface area contributed by atoms with Gasteiger partial charge < -0.3 is 10.1 Å². The lowest BCUT2D eigenvalue weighted by molar-refractivity contribution is 0.0995. The van der Waals surface area contributed by atoms with Crippen LogP contribution in [0.3, 0.4) is 0 Å². The van der Waals surface area contributed by atoms with Crippen molar-refractivity contribution >= 4 is 0 Å². The summed E-state index contributed by atoms with van der Waals surface area (Å²) in [5.41, 5.74) is 2.54. The molecule has 0 bridgehead atoms. The lowest BCUT2D eigenvalue weighted by Crippen LogP contribution is -2.29. The Kier molecular flexibility index (Phi) is 5.09. The molecule has 2 nitrogen and oxygen atoms in total. The van der Waals surface area contributed by atoms with Crippen LogP contribution in [-0.2, 0) is 0 Å². The monoisotopic (exact) mass is 275 g/mol. The highest BCUT2D eigenvalue weighted by Crippen LogP contribution is 2.34. The van der Waals surface area contributed by atoms with Crippen molar-refractivity contribution in [3.63, 3.8) is 0 Å². The van der Waals surface area contributed by atoms with Gasteiger partial charge in [-0.15, -0.1) is 0 Å². The molecule has 0 radical (unpaired) electrons. The summed E-state index contributed by atoms with van der Waals surface area (Å²) in [5, 5.41) is 3.32. The van der Waals surface area contributed by atoms with E-state index in [9.17, 15) is 0 Å². The second-order valence-corrected chi connectivity index (χ2v) is 6.71.